The Morgan fingerprint density at radius 3 is 2.58 bits per heavy atom. The van der Waals surface area contributed by atoms with Gasteiger partial charge in [-0.05, 0) is 50.5 Å². The number of rotatable bonds is 5. The number of carboxylic acid groups (broad SMARTS) is 1. The Hall–Kier alpha value is -2.17. The summed E-state index contributed by atoms with van der Waals surface area (Å²) in [6.45, 7) is 4.74. The van der Waals surface area contributed by atoms with Crippen LogP contribution in [0.2, 0.25) is 0 Å². The van der Waals surface area contributed by atoms with Gasteiger partial charge in [0.15, 0.2) is 0 Å². The summed E-state index contributed by atoms with van der Waals surface area (Å²) < 4.78 is 41.3. The molecular weight excluding hydrogens is 524 g/mol. The van der Waals surface area contributed by atoms with E-state index in [0.29, 0.717) is 27.9 Å². The zero-order valence-electron chi connectivity index (χ0n) is 17.3. The summed E-state index contributed by atoms with van der Waals surface area (Å²) >= 11 is 2.10. The number of carboxylic acids is 1. The second-order valence-electron chi connectivity index (χ2n) is 8.36. The minimum Gasteiger partial charge on any atom is -0.481 e. The Bertz CT molecular complexity index is 1160. The number of hydrogen-bond donors (Lipinski definition) is 1. The highest BCUT2D eigenvalue weighted by atomic mass is 127. The molecule has 1 aromatic heterocycles. The van der Waals surface area contributed by atoms with E-state index in [1.54, 1.807) is 24.3 Å². The summed E-state index contributed by atoms with van der Waals surface area (Å²) in [7, 11) is 0. The summed E-state index contributed by atoms with van der Waals surface area (Å²) in [6.07, 6.45) is -0.490. The normalized spacial score (nSPS) is 19.5. The van der Waals surface area contributed by atoms with E-state index >= 15 is 0 Å². The molecule has 9 heteroatoms. The van der Waals surface area contributed by atoms with Gasteiger partial charge in [-0.2, -0.15) is 13.2 Å². The van der Waals surface area contributed by atoms with Gasteiger partial charge in [0, 0.05) is 6.54 Å². The summed E-state index contributed by atoms with van der Waals surface area (Å²) in [6, 6.07) is 4.93. The molecule has 0 bridgehead atoms. The van der Waals surface area contributed by atoms with Crippen LogP contribution in [-0.2, 0) is 14.8 Å². The molecule has 0 saturated carbocycles. The highest BCUT2D eigenvalue weighted by Crippen LogP contribution is 2.46. The van der Waals surface area contributed by atoms with Crippen molar-refractivity contribution in [1.82, 2.24) is 9.55 Å². The summed E-state index contributed by atoms with van der Waals surface area (Å²) in [5, 5.41) is 9.10. The van der Waals surface area contributed by atoms with Crippen LogP contribution in [0.4, 0.5) is 13.2 Å². The van der Waals surface area contributed by atoms with Crippen LogP contribution in [0.3, 0.4) is 0 Å². The zero-order valence-corrected chi connectivity index (χ0v) is 19.4. The van der Waals surface area contributed by atoms with Crippen molar-refractivity contribution in [1.29, 1.82) is 0 Å². The SMILES string of the molecule is CC(C)(I)c1nc2ccc(C3=CC(C)(C(F)(F)F)CC=C3)cc2n(CCC(=O)O)c1=O. The predicted molar refractivity (Wildman–Crippen MR) is 121 cm³/mol. The van der Waals surface area contributed by atoms with Crippen molar-refractivity contribution >= 4 is 45.2 Å². The quantitative estimate of drug-likeness (QED) is 0.400. The molecule has 1 N–H and O–H groups in total. The number of nitrogens with zero attached hydrogens (tertiary/aromatic N) is 2. The molecule has 3 rings (SSSR count). The molecule has 1 heterocycles. The zero-order chi connectivity index (χ0) is 23.2. The molecule has 1 unspecified atom stereocenters. The van der Waals surface area contributed by atoms with E-state index in [9.17, 15) is 22.8 Å². The number of fused-ring (bicyclic) bond motifs is 1. The number of benzene rings is 1. The minimum atomic E-state index is -4.40. The van der Waals surface area contributed by atoms with Crippen LogP contribution in [0, 0.1) is 5.41 Å². The molecule has 0 spiro atoms. The third kappa shape index (κ3) is 4.70. The highest BCUT2D eigenvalue weighted by molar-refractivity contribution is 14.1. The molecule has 0 saturated heterocycles. The maximum absolute atomic E-state index is 13.5. The third-order valence-electron chi connectivity index (χ3n) is 5.35. The van der Waals surface area contributed by atoms with Crippen LogP contribution in [0.25, 0.3) is 16.6 Å². The highest BCUT2D eigenvalue weighted by Gasteiger charge is 2.49. The first kappa shape index (κ1) is 23.5. The number of aliphatic carboxylic acids is 1. The van der Waals surface area contributed by atoms with Gasteiger partial charge in [-0.3, -0.25) is 9.59 Å². The number of halogens is 4. The van der Waals surface area contributed by atoms with E-state index in [-0.39, 0.29) is 19.4 Å². The molecule has 2 aromatic rings. The molecule has 1 atom stereocenters. The van der Waals surface area contributed by atoms with Crippen molar-refractivity contribution in [2.45, 2.75) is 49.8 Å². The molecule has 0 fully saturated rings. The van der Waals surface area contributed by atoms with Crippen LogP contribution >= 0.6 is 22.6 Å². The largest absolute Gasteiger partial charge is 0.481 e. The Labute approximate surface area is 190 Å². The van der Waals surface area contributed by atoms with E-state index in [1.807, 2.05) is 13.8 Å². The molecule has 0 amide bonds. The maximum atomic E-state index is 13.5. The van der Waals surface area contributed by atoms with E-state index in [1.165, 1.54) is 16.7 Å². The van der Waals surface area contributed by atoms with Gasteiger partial charge < -0.3 is 9.67 Å². The molecule has 0 radical (unpaired) electrons. The molecule has 1 aliphatic rings. The number of allylic oxidation sites excluding steroid dienone is 4. The lowest BCUT2D eigenvalue weighted by molar-refractivity contribution is -0.198. The predicted octanol–water partition coefficient (Wildman–Crippen LogP) is 5.45. The number of hydrogen-bond acceptors (Lipinski definition) is 3. The van der Waals surface area contributed by atoms with Gasteiger partial charge in [0.1, 0.15) is 5.69 Å². The molecule has 31 heavy (non-hydrogen) atoms. The summed E-state index contributed by atoms with van der Waals surface area (Å²) in [4.78, 5) is 28.7. The number of alkyl halides is 4. The Kier molecular flexibility index (Phi) is 6.11. The van der Waals surface area contributed by atoms with Crippen LogP contribution in [0.15, 0.2) is 41.2 Å². The fourth-order valence-electron chi connectivity index (χ4n) is 3.49. The third-order valence-corrected chi connectivity index (χ3v) is 5.86. The molecule has 166 valence electrons. The maximum Gasteiger partial charge on any atom is 0.397 e. The first-order valence-electron chi connectivity index (χ1n) is 9.65. The van der Waals surface area contributed by atoms with Gasteiger partial charge in [-0.1, -0.05) is 46.9 Å². The molecule has 1 aromatic carbocycles. The fourth-order valence-corrected chi connectivity index (χ4v) is 3.85. The standard InChI is InChI=1S/C22H22F3IN2O3/c1-20(2,26)18-19(31)28(10-8-17(29)30)16-11-13(6-7-15(16)27-18)14-5-4-9-21(3,12-14)22(23,24)25/h4-7,11-12H,8-10H2,1-3H3,(H,29,30). The van der Waals surface area contributed by atoms with Gasteiger partial charge in [-0.15, -0.1) is 0 Å². The molecule has 1 aliphatic carbocycles. The average molecular weight is 546 g/mol. The lowest BCUT2D eigenvalue weighted by Crippen LogP contribution is -2.34. The Morgan fingerprint density at radius 2 is 2.00 bits per heavy atom. The monoisotopic (exact) mass is 546 g/mol. The fraction of sp³-hybridized carbons (Fsp3) is 0.409. The van der Waals surface area contributed by atoms with Crippen molar-refractivity contribution in [3.8, 4) is 0 Å². The van der Waals surface area contributed by atoms with E-state index in [4.69, 9.17) is 5.11 Å². The lowest BCUT2D eigenvalue weighted by atomic mass is 9.79. The van der Waals surface area contributed by atoms with Crippen molar-refractivity contribution < 1.29 is 23.1 Å². The second kappa shape index (κ2) is 8.07. The number of aryl methyl sites for hydroxylation is 1. The van der Waals surface area contributed by atoms with E-state index < -0.39 is 26.5 Å². The van der Waals surface area contributed by atoms with Crippen molar-refractivity contribution in [3.63, 3.8) is 0 Å². The molecule has 0 aliphatic heterocycles. The van der Waals surface area contributed by atoms with Gasteiger partial charge in [-0.25, -0.2) is 4.98 Å². The van der Waals surface area contributed by atoms with Crippen LogP contribution in [0.1, 0.15) is 44.9 Å². The summed E-state index contributed by atoms with van der Waals surface area (Å²) in [5.74, 6) is -1.05. The Balaban J connectivity index is 2.22. The first-order chi connectivity index (χ1) is 14.2. The molecule has 5 nitrogen and oxygen atoms in total. The number of aromatic nitrogens is 2. The second-order valence-corrected chi connectivity index (χ2v) is 11.1. The van der Waals surface area contributed by atoms with Crippen molar-refractivity contribution in [2.24, 2.45) is 5.41 Å². The summed E-state index contributed by atoms with van der Waals surface area (Å²) in [5.41, 5.74) is -0.329. The van der Waals surface area contributed by atoms with E-state index in [2.05, 4.69) is 27.6 Å². The average Bonchev–Trinajstić information content (AvgIpc) is 2.64. The van der Waals surface area contributed by atoms with Crippen molar-refractivity contribution in [2.75, 3.05) is 0 Å². The smallest absolute Gasteiger partial charge is 0.397 e. The van der Waals surface area contributed by atoms with Crippen molar-refractivity contribution in [3.05, 3.63) is 58.0 Å². The van der Waals surface area contributed by atoms with Gasteiger partial charge in [0.05, 0.1) is 26.3 Å². The number of carbonyl (C=O) groups is 1. The van der Waals surface area contributed by atoms with Crippen LogP contribution in [0.5, 0.6) is 0 Å². The van der Waals surface area contributed by atoms with Gasteiger partial charge in [0.25, 0.3) is 5.56 Å². The first-order valence-corrected chi connectivity index (χ1v) is 10.7. The van der Waals surface area contributed by atoms with Gasteiger partial charge >= 0.3 is 12.1 Å². The Morgan fingerprint density at radius 1 is 1.32 bits per heavy atom. The topological polar surface area (TPSA) is 72.2 Å². The lowest BCUT2D eigenvalue weighted by Gasteiger charge is -2.31. The molecular formula is C22H22F3IN2O3. The van der Waals surface area contributed by atoms with Crippen LogP contribution < -0.4 is 5.56 Å². The van der Waals surface area contributed by atoms with Gasteiger partial charge in [0.2, 0.25) is 0 Å². The van der Waals surface area contributed by atoms with E-state index in [0.717, 1.165) is 6.92 Å². The minimum absolute atomic E-state index is 0.0640. The van der Waals surface area contributed by atoms with Crippen LogP contribution in [-0.4, -0.2) is 26.8 Å².